The number of ether oxygens (including phenoxy) is 2. The maximum atomic E-state index is 5.75. The quantitative estimate of drug-likeness (QED) is 0.693. The van der Waals surface area contributed by atoms with E-state index >= 15 is 0 Å². The lowest BCUT2D eigenvalue weighted by Crippen LogP contribution is -2.27. The van der Waals surface area contributed by atoms with E-state index in [9.17, 15) is 0 Å². The summed E-state index contributed by atoms with van der Waals surface area (Å²) in [6.45, 7) is 5.44. The highest BCUT2D eigenvalue weighted by Crippen LogP contribution is 2.25. The van der Waals surface area contributed by atoms with Crippen molar-refractivity contribution in [3.05, 3.63) is 59.7 Å². The van der Waals surface area contributed by atoms with Crippen molar-refractivity contribution < 1.29 is 9.47 Å². The van der Waals surface area contributed by atoms with Crippen LogP contribution in [0.1, 0.15) is 36.8 Å². The van der Waals surface area contributed by atoms with Gasteiger partial charge in [-0.05, 0) is 47.9 Å². The maximum Gasteiger partial charge on any atom is 0.0700 e. The molecule has 28 heavy (non-hydrogen) atoms. The van der Waals surface area contributed by atoms with Crippen LogP contribution in [0.3, 0.4) is 0 Å². The third kappa shape index (κ3) is 5.42. The van der Waals surface area contributed by atoms with Gasteiger partial charge in [0.25, 0.3) is 0 Å². The van der Waals surface area contributed by atoms with Gasteiger partial charge in [0.05, 0.1) is 12.2 Å². The van der Waals surface area contributed by atoms with E-state index in [1.54, 1.807) is 0 Å². The molecule has 2 saturated heterocycles. The highest BCUT2D eigenvalue weighted by atomic mass is 16.5. The lowest BCUT2D eigenvalue weighted by Gasteiger charge is -2.16. The van der Waals surface area contributed by atoms with Crippen LogP contribution in [-0.2, 0) is 22.6 Å². The van der Waals surface area contributed by atoms with Gasteiger partial charge in [0, 0.05) is 39.4 Å². The van der Waals surface area contributed by atoms with Gasteiger partial charge in [-0.15, -0.1) is 0 Å². The number of hydrogen-bond acceptors (Lipinski definition) is 4. The summed E-state index contributed by atoms with van der Waals surface area (Å²) in [6.07, 6.45) is 5.49. The number of benzene rings is 2. The highest BCUT2D eigenvalue weighted by Gasteiger charge is 2.16. The van der Waals surface area contributed by atoms with Crippen molar-refractivity contribution in [2.24, 2.45) is 0 Å². The van der Waals surface area contributed by atoms with Gasteiger partial charge in [0.15, 0.2) is 0 Å². The lowest BCUT2D eigenvalue weighted by molar-refractivity contribution is 0.110. The van der Waals surface area contributed by atoms with Gasteiger partial charge in [-0.25, -0.2) is 0 Å². The smallest absolute Gasteiger partial charge is 0.0700 e. The molecular formula is C24H32N2O2. The molecular weight excluding hydrogens is 348 g/mol. The highest BCUT2D eigenvalue weighted by molar-refractivity contribution is 5.67. The van der Waals surface area contributed by atoms with Gasteiger partial charge in [0.1, 0.15) is 0 Å². The van der Waals surface area contributed by atoms with Crippen LogP contribution in [0.2, 0.25) is 0 Å². The Labute approximate surface area is 168 Å². The van der Waals surface area contributed by atoms with Gasteiger partial charge in [-0.2, -0.15) is 0 Å². The van der Waals surface area contributed by atoms with Crippen LogP contribution in [0.25, 0.3) is 11.1 Å². The molecule has 0 radical (unpaired) electrons. The fourth-order valence-electron chi connectivity index (χ4n) is 4.16. The molecule has 4 nitrogen and oxygen atoms in total. The molecule has 2 aromatic rings. The van der Waals surface area contributed by atoms with E-state index < -0.39 is 0 Å². The molecule has 0 amide bonds. The molecule has 2 fully saturated rings. The molecule has 2 atom stereocenters. The minimum Gasteiger partial charge on any atom is -0.377 e. The third-order valence-electron chi connectivity index (χ3n) is 5.69. The predicted molar refractivity (Wildman–Crippen MR) is 113 cm³/mol. The van der Waals surface area contributed by atoms with Gasteiger partial charge < -0.3 is 20.1 Å². The predicted octanol–water partition coefficient (Wildman–Crippen LogP) is 3.89. The molecule has 0 spiro atoms. The summed E-state index contributed by atoms with van der Waals surface area (Å²) in [5, 5.41) is 7.18. The van der Waals surface area contributed by atoms with Gasteiger partial charge in [0.2, 0.25) is 0 Å². The first-order valence-corrected chi connectivity index (χ1v) is 10.7. The van der Waals surface area contributed by atoms with Crippen molar-refractivity contribution in [3.63, 3.8) is 0 Å². The topological polar surface area (TPSA) is 42.5 Å². The Kier molecular flexibility index (Phi) is 7.12. The zero-order valence-electron chi connectivity index (χ0n) is 16.7. The second kappa shape index (κ2) is 10.2. The normalized spacial score (nSPS) is 22.0. The standard InChI is InChI=1S/C24H32N2O2/c1-2-6-20(7-3-1)24-11-10-19(15-25-17-22-8-4-12-27-22)14-21(24)16-26-18-23-9-5-13-28-23/h1-3,6-7,10-11,14,22-23,25-26H,4-5,8-9,12-13,15-18H2. The molecule has 0 saturated carbocycles. The van der Waals surface area contributed by atoms with Gasteiger partial charge in [-0.3, -0.25) is 0 Å². The first-order chi connectivity index (χ1) is 13.9. The molecule has 2 aliphatic rings. The van der Waals surface area contributed by atoms with Crippen LogP contribution in [0.5, 0.6) is 0 Å². The Morgan fingerprint density at radius 2 is 1.46 bits per heavy atom. The molecule has 0 aliphatic carbocycles. The fourth-order valence-corrected chi connectivity index (χ4v) is 4.16. The summed E-state index contributed by atoms with van der Waals surface area (Å²) < 4.78 is 11.5. The second-order valence-corrected chi connectivity index (χ2v) is 7.89. The van der Waals surface area contributed by atoms with E-state index in [1.807, 2.05) is 0 Å². The zero-order chi connectivity index (χ0) is 19.0. The Morgan fingerprint density at radius 3 is 2.11 bits per heavy atom. The van der Waals surface area contributed by atoms with Gasteiger partial charge >= 0.3 is 0 Å². The van der Waals surface area contributed by atoms with Crippen molar-refractivity contribution >= 4 is 0 Å². The van der Waals surface area contributed by atoms with E-state index in [1.165, 1.54) is 47.9 Å². The molecule has 150 valence electrons. The second-order valence-electron chi connectivity index (χ2n) is 7.89. The van der Waals surface area contributed by atoms with Gasteiger partial charge in [-0.1, -0.05) is 48.5 Å². The summed E-state index contributed by atoms with van der Waals surface area (Å²) in [6, 6.07) is 17.5. The molecule has 4 rings (SSSR count). The molecule has 2 aromatic carbocycles. The van der Waals surface area contributed by atoms with E-state index in [4.69, 9.17) is 9.47 Å². The average Bonchev–Trinajstić information content (AvgIpc) is 3.43. The van der Waals surface area contributed by atoms with E-state index in [0.29, 0.717) is 12.2 Å². The average molecular weight is 381 g/mol. The summed E-state index contributed by atoms with van der Waals surface area (Å²) >= 11 is 0. The Bertz CT molecular complexity index is 723. The van der Waals surface area contributed by atoms with Crippen LogP contribution in [0.4, 0.5) is 0 Å². The molecule has 0 bridgehead atoms. The van der Waals surface area contributed by atoms with E-state index in [-0.39, 0.29) is 0 Å². The number of nitrogens with one attached hydrogen (secondary N) is 2. The molecule has 2 heterocycles. The van der Waals surface area contributed by atoms with Crippen molar-refractivity contribution in [3.8, 4) is 11.1 Å². The van der Waals surface area contributed by atoms with Crippen LogP contribution < -0.4 is 10.6 Å². The summed E-state index contributed by atoms with van der Waals surface area (Å²) in [5.74, 6) is 0. The summed E-state index contributed by atoms with van der Waals surface area (Å²) in [4.78, 5) is 0. The van der Waals surface area contributed by atoms with Crippen molar-refractivity contribution in [2.45, 2.75) is 51.0 Å². The monoisotopic (exact) mass is 380 g/mol. The van der Waals surface area contributed by atoms with Crippen LogP contribution in [-0.4, -0.2) is 38.5 Å². The minimum absolute atomic E-state index is 0.372. The molecule has 4 heteroatoms. The van der Waals surface area contributed by atoms with Crippen molar-refractivity contribution in [1.82, 2.24) is 10.6 Å². The Morgan fingerprint density at radius 1 is 0.786 bits per heavy atom. The molecule has 2 aliphatic heterocycles. The Balaban J connectivity index is 1.41. The number of hydrogen-bond donors (Lipinski definition) is 2. The fraction of sp³-hybridized carbons (Fsp3) is 0.500. The van der Waals surface area contributed by atoms with Crippen molar-refractivity contribution in [1.29, 1.82) is 0 Å². The third-order valence-corrected chi connectivity index (χ3v) is 5.69. The minimum atomic E-state index is 0.372. The SMILES string of the molecule is c1ccc(-c2ccc(CNCC3CCCO3)cc2CNCC2CCCO2)cc1. The zero-order valence-corrected chi connectivity index (χ0v) is 16.7. The molecule has 0 aromatic heterocycles. The lowest BCUT2D eigenvalue weighted by atomic mass is 9.97. The molecule has 2 unspecified atom stereocenters. The first-order valence-electron chi connectivity index (χ1n) is 10.7. The first kappa shape index (κ1) is 19.6. The number of rotatable bonds is 9. The van der Waals surface area contributed by atoms with E-state index in [2.05, 4.69) is 59.2 Å². The van der Waals surface area contributed by atoms with Crippen LogP contribution in [0.15, 0.2) is 48.5 Å². The molecule has 2 N–H and O–H groups in total. The van der Waals surface area contributed by atoms with Crippen LogP contribution >= 0.6 is 0 Å². The Hall–Kier alpha value is -1.72. The van der Waals surface area contributed by atoms with Crippen molar-refractivity contribution in [2.75, 3.05) is 26.3 Å². The van der Waals surface area contributed by atoms with Crippen LogP contribution in [0, 0.1) is 0 Å². The maximum absolute atomic E-state index is 5.75. The van der Waals surface area contributed by atoms with E-state index in [0.717, 1.165) is 39.4 Å². The summed E-state index contributed by atoms with van der Waals surface area (Å²) in [5.41, 5.74) is 5.26. The largest absolute Gasteiger partial charge is 0.377 e. The summed E-state index contributed by atoms with van der Waals surface area (Å²) in [7, 11) is 0.